The van der Waals surface area contributed by atoms with Crippen molar-refractivity contribution in [2.24, 2.45) is 0 Å². The van der Waals surface area contributed by atoms with Crippen molar-refractivity contribution >= 4 is 11.7 Å². The molecule has 1 atom stereocenters. The van der Waals surface area contributed by atoms with Crippen LogP contribution in [-0.4, -0.2) is 23.9 Å². The molecule has 0 bridgehead atoms. The van der Waals surface area contributed by atoms with Crippen LogP contribution in [0.3, 0.4) is 0 Å². The Balaban J connectivity index is 2.17. The van der Waals surface area contributed by atoms with Gasteiger partial charge in [0.25, 0.3) is 0 Å². The summed E-state index contributed by atoms with van der Waals surface area (Å²) in [5.41, 5.74) is -5.71. The molecule has 2 rings (SSSR count). The maximum absolute atomic E-state index is 13.3. The van der Waals surface area contributed by atoms with Gasteiger partial charge < -0.3 is 15.7 Å². The molecule has 2 aromatic rings. The fraction of sp³-hybridized carbons (Fsp3) is 0.235. The molecule has 0 aliphatic carbocycles. The van der Waals surface area contributed by atoms with E-state index in [0.29, 0.717) is 6.07 Å². The van der Waals surface area contributed by atoms with Gasteiger partial charge in [0.2, 0.25) is 5.60 Å². The Morgan fingerprint density at radius 3 is 2.00 bits per heavy atom. The van der Waals surface area contributed by atoms with Gasteiger partial charge in [-0.2, -0.15) is 26.3 Å². The van der Waals surface area contributed by atoms with Crippen molar-refractivity contribution in [3.63, 3.8) is 0 Å². The maximum atomic E-state index is 13.3. The molecule has 1 unspecified atom stereocenters. The van der Waals surface area contributed by atoms with E-state index in [-0.39, 0.29) is 0 Å². The summed E-state index contributed by atoms with van der Waals surface area (Å²) in [5.74, 6) is 0. The van der Waals surface area contributed by atoms with E-state index >= 15 is 0 Å². The SMILES string of the molecule is O=C(NCC(O)(c1ccccc1)C(F)(F)F)Nc1ccccc1C(F)(F)F. The number of urea groups is 1. The zero-order chi connectivity index (χ0) is 20.3. The number of halogens is 6. The van der Waals surface area contributed by atoms with Gasteiger partial charge >= 0.3 is 18.4 Å². The maximum Gasteiger partial charge on any atom is 0.423 e. The number of benzene rings is 2. The zero-order valence-corrected chi connectivity index (χ0v) is 13.5. The highest BCUT2D eigenvalue weighted by Gasteiger charge is 2.55. The monoisotopic (exact) mass is 392 g/mol. The molecule has 0 fully saturated rings. The fourth-order valence-corrected chi connectivity index (χ4v) is 2.29. The first kappa shape index (κ1) is 20.6. The molecule has 0 aliphatic rings. The molecule has 4 nitrogen and oxygen atoms in total. The number of alkyl halides is 6. The molecular formula is C17H14F6N2O2. The second kappa shape index (κ2) is 7.47. The first-order valence-corrected chi connectivity index (χ1v) is 7.51. The van der Waals surface area contributed by atoms with Gasteiger partial charge in [0.1, 0.15) is 0 Å². The Morgan fingerprint density at radius 1 is 0.889 bits per heavy atom. The van der Waals surface area contributed by atoms with E-state index in [9.17, 15) is 36.2 Å². The zero-order valence-electron chi connectivity index (χ0n) is 13.5. The van der Waals surface area contributed by atoms with Gasteiger partial charge in [0.15, 0.2) is 0 Å². The summed E-state index contributed by atoms with van der Waals surface area (Å²) in [6.07, 6.45) is -9.90. The molecule has 10 heteroatoms. The molecule has 27 heavy (non-hydrogen) atoms. The van der Waals surface area contributed by atoms with Crippen LogP contribution in [0.5, 0.6) is 0 Å². The minimum Gasteiger partial charge on any atom is -0.375 e. The first-order valence-electron chi connectivity index (χ1n) is 7.51. The molecular weight excluding hydrogens is 378 g/mol. The van der Waals surface area contributed by atoms with Crippen LogP contribution in [-0.2, 0) is 11.8 Å². The van der Waals surface area contributed by atoms with E-state index in [1.54, 1.807) is 5.32 Å². The van der Waals surface area contributed by atoms with Gasteiger partial charge in [-0.3, -0.25) is 0 Å². The Bertz CT molecular complexity index is 792. The van der Waals surface area contributed by atoms with Crippen molar-refractivity contribution in [3.05, 3.63) is 65.7 Å². The standard InChI is InChI=1S/C17H14F6N2O2/c18-16(19,20)12-8-4-5-9-13(12)25-14(26)24-10-15(27,17(21,22)23)11-6-2-1-3-7-11/h1-9,27H,10H2,(H2,24,25,26). The Hall–Kier alpha value is -2.75. The Kier molecular flexibility index (Phi) is 5.69. The molecule has 3 N–H and O–H groups in total. The number of hydrogen-bond donors (Lipinski definition) is 3. The number of carbonyl (C=O) groups excluding carboxylic acids is 1. The molecule has 2 aromatic carbocycles. The third-order valence-electron chi connectivity index (χ3n) is 3.71. The van der Waals surface area contributed by atoms with Gasteiger partial charge in [-0.05, 0) is 17.7 Å². The lowest BCUT2D eigenvalue weighted by Crippen LogP contribution is -2.51. The molecule has 0 saturated carbocycles. The van der Waals surface area contributed by atoms with Gasteiger partial charge in [-0.15, -0.1) is 0 Å². The van der Waals surface area contributed by atoms with Crippen molar-refractivity contribution < 1.29 is 36.2 Å². The fourth-order valence-electron chi connectivity index (χ4n) is 2.29. The van der Waals surface area contributed by atoms with Crippen LogP contribution < -0.4 is 10.6 Å². The Morgan fingerprint density at radius 2 is 1.44 bits per heavy atom. The molecule has 0 spiro atoms. The highest BCUT2D eigenvalue weighted by Crippen LogP contribution is 2.38. The molecule has 0 aliphatic heterocycles. The second-order valence-corrected chi connectivity index (χ2v) is 5.58. The molecule has 0 saturated heterocycles. The largest absolute Gasteiger partial charge is 0.423 e. The van der Waals surface area contributed by atoms with Gasteiger partial charge in [-0.1, -0.05) is 42.5 Å². The van der Waals surface area contributed by atoms with Crippen molar-refractivity contribution in [2.45, 2.75) is 18.0 Å². The summed E-state index contributed by atoms with van der Waals surface area (Å²) in [6, 6.07) is 8.68. The summed E-state index contributed by atoms with van der Waals surface area (Å²) in [5, 5.41) is 13.7. The van der Waals surface area contributed by atoms with Gasteiger partial charge in [-0.25, -0.2) is 4.79 Å². The van der Waals surface area contributed by atoms with Crippen LogP contribution in [0.15, 0.2) is 54.6 Å². The van der Waals surface area contributed by atoms with Gasteiger partial charge in [0.05, 0.1) is 17.8 Å². The van der Waals surface area contributed by atoms with Crippen molar-refractivity contribution in [3.8, 4) is 0 Å². The normalized spacial score (nSPS) is 14.3. The lowest BCUT2D eigenvalue weighted by molar-refractivity contribution is -0.263. The van der Waals surface area contributed by atoms with E-state index in [2.05, 4.69) is 0 Å². The summed E-state index contributed by atoms with van der Waals surface area (Å²) in [4.78, 5) is 11.8. The molecule has 2 amide bonds. The van der Waals surface area contributed by atoms with Crippen LogP contribution in [0.4, 0.5) is 36.8 Å². The Labute approximate surface area is 149 Å². The number of rotatable bonds is 4. The van der Waals surface area contributed by atoms with E-state index in [4.69, 9.17) is 0 Å². The minimum atomic E-state index is -5.13. The number of carbonyl (C=O) groups is 1. The van der Waals surface area contributed by atoms with Crippen molar-refractivity contribution in [1.29, 1.82) is 0 Å². The van der Waals surface area contributed by atoms with E-state index in [1.807, 2.05) is 5.32 Å². The van der Waals surface area contributed by atoms with Crippen LogP contribution >= 0.6 is 0 Å². The third kappa shape index (κ3) is 4.70. The van der Waals surface area contributed by atoms with Gasteiger partial charge in [0, 0.05) is 0 Å². The van der Waals surface area contributed by atoms with Crippen LogP contribution in [0, 0.1) is 0 Å². The topological polar surface area (TPSA) is 61.4 Å². The smallest absolute Gasteiger partial charge is 0.375 e. The molecule has 146 valence electrons. The average molecular weight is 392 g/mol. The summed E-state index contributed by atoms with van der Waals surface area (Å²) >= 11 is 0. The van der Waals surface area contributed by atoms with Crippen LogP contribution in [0.1, 0.15) is 11.1 Å². The predicted octanol–water partition coefficient (Wildman–Crippen LogP) is 4.28. The summed E-state index contributed by atoms with van der Waals surface area (Å²) in [6.45, 7) is -1.29. The summed E-state index contributed by atoms with van der Waals surface area (Å²) in [7, 11) is 0. The van der Waals surface area contributed by atoms with Crippen molar-refractivity contribution in [2.75, 3.05) is 11.9 Å². The number of amides is 2. The van der Waals surface area contributed by atoms with E-state index < -0.39 is 47.3 Å². The number of nitrogens with one attached hydrogen (secondary N) is 2. The van der Waals surface area contributed by atoms with E-state index in [1.165, 1.54) is 24.3 Å². The highest BCUT2D eigenvalue weighted by molar-refractivity contribution is 5.90. The quantitative estimate of drug-likeness (QED) is 0.681. The predicted molar refractivity (Wildman–Crippen MR) is 84.9 cm³/mol. The van der Waals surface area contributed by atoms with Crippen LogP contribution in [0.25, 0.3) is 0 Å². The lowest BCUT2D eigenvalue weighted by atomic mass is 9.93. The third-order valence-corrected chi connectivity index (χ3v) is 3.71. The number of para-hydroxylation sites is 1. The molecule has 0 aromatic heterocycles. The number of hydrogen-bond acceptors (Lipinski definition) is 2. The number of anilines is 1. The van der Waals surface area contributed by atoms with Crippen LogP contribution in [0.2, 0.25) is 0 Å². The highest BCUT2D eigenvalue weighted by atomic mass is 19.4. The minimum absolute atomic E-state index is 0.520. The lowest BCUT2D eigenvalue weighted by Gasteiger charge is -2.31. The van der Waals surface area contributed by atoms with E-state index in [0.717, 1.165) is 24.3 Å². The average Bonchev–Trinajstić information content (AvgIpc) is 2.59. The van der Waals surface area contributed by atoms with Crippen molar-refractivity contribution in [1.82, 2.24) is 5.32 Å². The number of aliphatic hydroxyl groups is 1. The first-order chi connectivity index (χ1) is 12.4. The molecule has 0 radical (unpaired) electrons. The second-order valence-electron chi connectivity index (χ2n) is 5.58. The molecule has 0 heterocycles. The summed E-state index contributed by atoms with van der Waals surface area (Å²) < 4.78 is 78.6.